The Morgan fingerprint density at radius 1 is 1.41 bits per heavy atom. The molecular formula is C10H15N3O2S2. The fraction of sp³-hybridized carbons (Fsp3) is 0.300. The van der Waals surface area contributed by atoms with E-state index in [4.69, 9.17) is 18.0 Å². The first-order valence-electron chi connectivity index (χ1n) is 5.07. The van der Waals surface area contributed by atoms with Crippen molar-refractivity contribution in [3.63, 3.8) is 0 Å². The Bertz CT molecular complexity index is 500. The molecule has 0 saturated carbocycles. The predicted molar refractivity (Wildman–Crippen MR) is 71.8 cm³/mol. The Morgan fingerprint density at radius 3 is 2.71 bits per heavy atom. The number of hydrogen-bond donors (Lipinski definition) is 3. The molecule has 0 spiro atoms. The predicted octanol–water partition coefficient (Wildman–Crippen LogP) is 0.265. The molecule has 1 aromatic rings. The van der Waals surface area contributed by atoms with Gasteiger partial charge in [0, 0.05) is 18.7 Å². The van der Waals surface area contributed by atoms with E-state index in [1.807, 2.05) is 0 Å². The van der Waals surface area contributed by atoms with E-state index in [0.717, 1.165) is 11.1 Å². The molecule has 0 bridgehead atoms. The summed E-state index contributed by atoms with van der Waals surface area (Å²) >= 11 is 4.85. The highest BCUT2D eigenvalue weighted by Crippen LogP contribution is 2.05. The molecule has 0 unspecified atom stereocenters. The molecule has 17 heavy (non-hydrogen) atoms. The number of nitrogens with one attached hydrogen (secondary N) is 2. The number of hydrogen-bond acceptors (Lipinski definition) is 3. The van der Waals surface area contributed by atoms with Crippen molar-refractivity contribution in [2.45, 2.75) is 13.5 Å². The summed E-state index contributed by atoms with van der Waals surface area (Å²) in [6.07, 6.45) is 0. The summed E-state index contributed by atoms with van der Waals surface area (Å²) < 4.78 is 27.5. The van der Waals surface area contributed by atoms with Crippen LogP contribution in [0.3, 0.4) is 0 Å². The lowest BCUT2D eigenvalue weighted by Gasteiger charge is -2.07. The van der Waals surface area contributed by atoms with Crippen LogP contribution in [0.1, 0.15) is 18.1 Å². The molecule has 7 heteroatoms. The fourth-order valence-electron chi connectivity index (χ4n) is 1.25. The van der Waals surface area contributed by atoms with E-state index in [1.54, 1.807) is 31.2 Å². The van der Waals surface area contributed by atoms with Gasteiger partial charge in [0.15, 0.2) is 0 Å². The second-order valence-corrected chi connectivity index (χ2v) is 5.41. The third-order valence-electron chi connectivity index (χ3n) is 2.01. The maximum atomic E-state index is 11.3. The second-order valence-electron chi connectivity index (χ2n) is 3.39. The lowest BCUT2D eigenvalue weighted by Crippen LogP contribution is -2.35. The summed E-state index contributed by atoms with van der Waals surface area (Å²) in [5, 5.41) is 0. The highest BCUT2D eigenvalue weighted by molar-refractivity contribution is 7.87. The summed E-state index contributed by atoms with van der Waals surface area (Å²) in [6, 6.07) is 7.13. The standard InChI is InChI=1S/C10H15N3O2S2/c1-2-12-17(14,15)13-7-8-4-3-5-9(6-8)10(11)16/h3-6,12-13H,2,7H2,1H3,(H2,11,16). The van der Waals surface area contributed by atoms with Crippen LogP contribution < -0.4 is 15.2 Å². The highest BCUT2D eigenvalue weighted by atomic mass is 32.2. The minimum Gasteiger partial charge on any atom is -0.389 e. The van der Waals surface area contributed by atoms with Gasteiger partial charge in [0.05, 0.1) is 0 Å². The SMILES string of the molecule is CCNS(=O)(=O)NCc1cccc(C(N)=S)c1. The van der Waals surface area contributed by atoms with E-state index >= 15 is 0 Å². The Morgan fingerprint density at radius 2 is 2.12 bits per heavy atom. The molecule has 94 valence electrons. The van der Waals surface area contributed by atoms with Crippen molar-refractivity contribution < 1.29 is 8.42 Å². The highest BCUT2D eigenvalue weighted by Gasteiger charge is 2.07. The van der Waals surface area contributed by atoms with Crippen LogP contribution in [0, 0.1) is 0 Å². The van der Waals surface area contributed by atoms with Crippen LogP contribution in [0.4, 0.5) is 0 Å². The molecule has 0 aliphatic carbocycles. The third kappa shape index (κ3) is 4.78. The molecule has 0 saturated heterocycles. The third-order valence-corrected chi connectivity index (χ3v) is 3.44. The van der Waals surface area contributed by atoms with Crippen molar-refractivity contribution in [3.8, 4) is 0 Å². The quantitative estimate of drug-likeness (QED) is 0.649. The molecule has 0 heterocycles. The topological polar surface area (TPSA) is 84.2 Å². The van der Waals surface area contributed by atoms with Crippen LogP contribution >= 0.6 is 12.2 Å². The molecule has 0 atom stereocenters. The molecular weight excluding hydrogens is 258 g/mol. The van der Waals surface area contributed by atoms with Gasteiger partial charge < -0.3 is 5.73 Å². The summed E-state index contributed by atoms with van der Waals surface area (Å²) in [5.41, 5.74) is 7.02. The Labute approximate surface area is 107 Å². The summed E-state index contributed by atoms with van der Waals surface area (Å²) in [5.74, 6) is 0. The molecule has 0 radical (unpaired) electrons. The molecule has 0 aliphatic heterocycles. The van der Waals surface area contributed by atoms with Gasteiger partial charge >= 0.3 is 0 Å². The van der Waals surface area contributed by atoms with Gasteiger partial charge in [0.1, 0.15) is 4.99 Å². The van der Waals surface area contributed by atoms with Crippen molar-refractivity contribution in [1.82, 2.24) is 9.44 Å². The van der Waals surface area contributed by atoms with E-state index in [2.05, 4.69) is 9.44 Å². The smallest absolute Gasteiger partial charge is 0.277 e. The van der Waals surface area contributed by atoms with Gasteiger partial charge in [-0.25, -0.2) is 4.72 Å². The van der Waals surface area contributed by atoms with E-state index in [9.17, 15) is 8.42 Å². The lowest BCUT2D eigenvalue weighted by atomic mass is 10.1. The fourth-order valence-corrected chi connectivity index (χ4v) is 2.22. The number of rotatable bonds is 6. The molecule has 0 amide bonds. The molecule has 0 aromatic heterocycles. The van der Waals surface area contributed by atoms with E-state index in [-0.39, 0.29) is 6.54 Å². The molecule has 0 fully saturated rings. The molecule has 1 aromatic carbocycles. The van der Waals surface area contributed by atoms with E-state index < -0.39 is 10.2 Å². The second kappa shape index (κ2) is 6.06. The number of nitrogens with two attached hydrogens (primary N) is 1. The van der Waals surface area contributed by atoms with Crippen LogP contribution in [-0.4, -0.2) is 20.0 Å². The Balaban J connectivity index is 2.70. The molecule has 0 aliphatic rings. The molecule has 5 nitrogen and oxygen atoms in total. The Kier molecular flexibility index (Phi) is 5.01. The van der Waals surface area contributed by atoms with Gasteiger partial charge in [0.25, 0.3) is 10.2 Å². The first-order valence-corrected chi connectivity index (χ1v) is 6.96. The van der Waals surface area contributed by atoms with Crippen molar-refractivity contribution in [2.24, 2.45) is 5.73 Å². The van der Waals surface area contributed by atoms with Crippen LogP contribution in [0.15, 0.2) is 24.3 Å². The zero-order valence-electron chi connectivity index (χ0n) is 9.43. The van der Waals surface area contributed by atoms with Crippen LogP contribution in [0.5, 0.6) is 0 Å². The van der Waals surface area contributed by atoms with Gasteiger partial charge in [-0.15, -0.1) is 0 Å². The number of thiocarbonyl (C=S) groups is 1. The summed E-state index contributed by atoms with van der Waals surface area (Å²) in [6.45, 7) is 2.26. The Hall–Kier alpha value is -1.02. The monoisotopic (exact) mass is 273 g/mol. The maximum absolute atomic E-state index is 11.3. The van der Waals surface area contributed by atoms with Gasteiger partial charge in [0.2, 0.25) is 0 Å². The van der Waals surface area contributed by atoms with Crippen molar-refractivity contribution in [1.29, 1.82) is 0 Å². The van der Waals surface area contributed by atoms with Crippen LogP contribution in [0.2, 0.25) is 0 Å². The minimum atomic E-state index is -3.43. The van der Waals surface area contributed by atoms with Crippen LogP contribution in [0.25, 0.3) is 0 Å². The average molecular weight is 273 g/mol. The van der Waals surface area contributed by atoms with Gasteiger partial charge in [-0.1, -0.05) is 37.3 Å². The van der Waals surface area contributed by atoms with E-state index in [1.165, 1.54) is 0 Å². The first kappa shape index (κ1) is 14.0. The molecule has 4 N–H and O–H groups in total. The maximum Gasteiger partial charge on any atom is 0.277 e. The van der Waals surface area contributed by atoms with Gasteiger partial charge in [-0.3, -0.25) is 0 Å². The zero-order valence-corrected chi connectivity index (χ0v) is 11.1. The summed E-state index contributed by atoms with van der Waals surface area (Å²) in [4.78, 5) is 0.293. The van der Waals surface area contributed by atoms with Crippen molar-refractivity contribution in [3.05, 3.63) is 35.4 Å². The largest absolute Gasteiger partial charge is 0.389 e. The summed E-state index contributed by atoms with van der Waals surface area (Å²) in [7, 11) is -3.43. The van der Waals surface area contributed by atoms with Gasteiger partial charge in [-0.05, 0) is 11.6 Å². The van der Waals surface area contributed by atoms with E-state index in [0.29, 0.717) is 11.5 Å². The van der Waals surface area contributed by atoms with Gasteiger partial charge in [-0.2, -0.15) is 13.1 Å². The molecule has 1 rings (SSSR count). The lowest BCUT2D eigenvalue weighted by molar-refractivity contribution is 0.568. The van der Waals surface area contributed by atoms with Crippen molar-refractivity contribution in [2.75, 3.05) is 6.54 Å². The number of benzene rings is 1. The minimum absolute atomic E-state index is 0.200. The average Bonchev–Trinajstić information content (AvgIpc) is 2.27. The normalized spacial score (nSPS) is 11.4. The van der Waals surface area contributed by atoms with Crippen LogP contribution in [-0.2, 0) is 16.8 Å². The zero-order chi connectivity index (χ0) is 12.9. The van der Waals surface area contributed by atoms with Crippen molar-refractivity contribution >= 4 is 27.4 Å². The first-order chi connectivity index (χ1) is 7.94.